The van der Waals surface area contributed by atoms with Crippen LogP contribution >= 0.6 is 12.6 Å². The van der Waals surface area contributed by atoms with Crippen molar-refractivity contribution in [3.8, 4) is 0 Å². The summed E-state index contributed by atoms with van der Waals surface area (Å²) in [4.78, 5) is 5.20. The Bertz CT molecular complexity index is 1060. The average molecular weight is 549 g/mol. The Balaban J connectivity index is 0. The van der Waals surface area contributed by atoms with Crippen LogP contribution in [0.25, 0.3) is 11.3 Å². The highest BCUT2D eigenvalue weighted by atomic mass is 32.1. The molecule has 0 aliphatic heterocycles. The Kier molecular flexibility index (Phi) is 21.5. The van der Waals surface area contributed by atoms with Gasteiger partial charge in [0.1, 0.15) is 0 Å². The number of nitrogens with zero attached hydrogens (tertiary/aromatic N) is 2. The third-order valence-corrected chi connectivity index (χ3v) is 6.67. The molecular weight excluding hydrogens is 492 g/mol. The van der Waals surface area contributed by atoms with Gasteiger partial charge in [0.05, 0.1) is 0 Å². The third-order valence-electron chi connectivity index (χ3n) is 6.16. The van der Waals surface area contributed by atoms with Gasteiger partial charge in [-0.25, -0.2) is 0 Å². The van der Waals surface area contributed by atoms with Crippen molar-refractivity contribution in [3.63, 3.8) is 0 Å². The molecular formula is C36H56N2S. The van der Waals surface area contributed by atoms with E-state index in [9.17, 15) is 0 Å². The van der Waals surface area contributed by atoms with Crippen LogP contribution in [0, 0.1) is 13.8 Å². The molecule has 0 saturated carbocycles. The number of allylic oxidation sites excluding steroid dienone is 5. The van der Waals surface area contributed by atoms with Crippen molar-refractivity contribution in [3.05, 3.63) is 119 Å². The number of unbranched alkanes of at least 4 members (excludes halogenated alkanes) is 1. The van der Waals surface area contributed by atoms with Crippen LogP contribution in [0.5, 0.6) is 0 Å². The summed E-state index contributed by atoms with van der Waals surface area (Å²) in [6, 6.07) is 16.8. The van der Waals surface area contributed by atoms with Crippen molar-refractivity contribution in [2.24, 2.45) is 0 Å². The van der Waals surface area contributed by atoms with E-state index in [1.807, 2.05) is 53.8 Å². The number of aryl methyl sites for hydroxylation is 2. The fraction of sp³-hybridized carbons (Fsp3) is 0.389. The van der Waals surface area contributed by atoms with E-state index in [-0.39, 0.29) is 0 Å². The third kappa shape index (κ3) is 14.2. The summed E-state index contributed by atoms with van der Waals surface area (Å²) in [6.45, 7) is 31.6. The molecule has 0 atom stereocenters. The lowest BCUT2D eigenvalue weighted by atomic mass is 10.0. The van der Waals surface area contributed by atoms with E-state index in [2.05, 4.69) is 119 Å². The zero-order valence-electron chi connectivity index (χ0n) is 26.9. The average Bonchev–Trinajstić information content (AvgIpc) is 2.97. The Morgan fingerprint density at radius 3 is 1.92 bits per heavy atom. The lowest BCUT2D eigenvalue weighted by Crippen LogP contribution is -2.17. The molecule has 0 bridgehead atoms. The van der Waals surface area contributed by atoms with Gasteiger partial charge >= 0.3 is 0 Å². The van der Waals surface area contributed by atoms with E-state index in [1.54, 1.807) is 6.08 Å². The maximum Gasteiger partial charge on any atom is 0.0364 e. The summed E-state index contributed by atoms with van der Waals surface area (Å²) < 4.78 is 0. The Hall–Kier alpha value is -2.91. The van der Waals surface area contributed by atoms with E-state index in [1.165, 1.54) is 35.1 Å². The van der Waals surface area contributed by atoms with Gasteiger partial charge in [0.25, 0.3) is 0 Å². The van der Waals surface area contributed by atoms with Crippen LogP contribution in [0.15, 0.2) is 96.7 Å². The largest absolute Gasteiger partial charge is 0.375 e. The van der Waals surface area contributed by atoms with Crippen LogP contribution in [0.2, 0.25) is 0 Å². The lowest BCUT2D eigenvalue weighted by molar-refractivity contribution is 0.463. The van der Waals surface area contributed by atoms with Gasteiger partial charge in [0, 0.05) is 42.6 Å². The fourth-order valence-corrected chi connectivity index (χ4v) is 3.59. The molecule has 39 heavy (non-hydrogen) atoms. The first kappa shape index (κ1) is 38.2. The summed E-state index contributed by atoms with van der Waals surface area (Å²) in [6.07, 6.45) is 6.29. The molecule has 0 heterocycles. The van der Waals surface area contributed by atoms with Crippen LogP contribution in [-0.4, -0.2) is 30.4 Å². The van der Waals surface area contributed by atoms with Crippen molar-refractivity contribution in [1.29, 1.82) is 0 Å². The van der Waals surface area contributed by atoms with Crippen LogP contribution in [-0.2, 0) is 0 Å². The topological polar surface area (TPSA) is 6.48 Å². The summed E-state index contributed by atoms with van der Waals surface area (Å²) in [5.74, 6) is 0. The highest BCUT2D eigenvalue weighted by Crippen LogP contribution is 2.23. The van der Waals surface area contributed by atoms with E-state index < -0.39 is 0 Å². The van der Waals surface area contributed by atoms with Crippen LogP contribution in [0.1, 0.15) is 83.6 Å². The molecule has 0 N–H and O–H groups in total. The van der Waals surface area contributed by atoms with Gasteiger partial charge in [-0.05, 0) is 62.5 Å². The van der Waals surface area contributed by atoms with Gasteiger partial charge in [0.15, 0.2) is 0 Å². The molecule has 0 spiro atoms. The molecule has 216 valence electrons. The first-order valence-electron chi connectivity index (χ1n) is 14.2. The maximum atomic E-state index is 4.41. The normalized spacial score (nSPS) is 10.7. The molecule has 0 aliphatic rings. The minimum atomic E-state index is 0.877. The number of rotatable bonds is 10. The van der Waals surface area contributed by atoms with Gasteiger partial charge < -0.3 is 9.80 Å². The van der Waals surface area contributed by atoms with Crippen molar-refractivity contribution in [1.82, 2.24) is 9.80 Å². The first-order valence-corrected chi connectivity index (χ1v) is 14.6. The van der Waals surface area contributed by atoms with E-state index >= 15 is 0 Å². The van der Waals surface area contributed by atoms with Crippen molar-refractivity contribution in [2.45, 2.75) is 75.2 Å². The zero-order chi connectivity index (χ0) is 30.5. The molecule has 2 rings (SSSR count). The van der Waals surface area contributed by atoms with E-state index in [0.29, 0.717) is 0 Å². The number of benzene rings is 2. The summed E-state index contributed by atoms with van der Waals surface area (Å²) in [5.41, 5.74) is 9.23. The molecule has 0 fully saturated rings. The summed E-state index contributed by atoms with van der Waals surface area (Å²) in [7, 11) is 4.13. The molecule has 0 radical (unpaired) electrons. The van der Waals surface area contributed by atoms with Crippen LogP contribution in [0.4, 0.5) is 0 Å². The Labute approximate surface area is 247 Å². The van der Waals surface area contributed by atoms with Gasteiger partial charge in [0.2, 0.25) is 0 Å². The zero-order valence-corrected chi connectivity index (χ0v) is 27.8. The van der Waals surface area contributed by atoms with Gasteiger partial charge in [-0.1, -0.05) is 121 Å². The Morgan fingerprint density at radius 2 is 1.44 bits per heavy atom. The number of hydrogen-bond acceptors (Lipinski definition) is 3. The monoisotopic (exact) mass is 548 g/mol. The van der Waals surface area contributed by atoms with Gasteiger partial charge in [-0.15, -0.1) is 12.6 Å². The highest BCUT2D eigenvalue weighted by Gasteiger charge is 2.06. The molecule has 0 unspecified atom stereocenters. The van der Waals surface area contributed by atoms with Crippen molar-refractivity contribution < 1.29 is 0 Å². The number of hydrogen-bond donors (Lipinski definition) is 1. The molecule has 2 aromatic carbocycles. The smallest absolute Gasteiger partial charge is 0.0364 e. The minimum absolute atomic E-state index is 0.877. The summed E-state index contributed by atoms with van der Waals surface area (Å²) >= 11 is 4.41. The van der Waals surface area contributed by atoms with Crippen molar-refractivity contribution in [2.75, 3.05) is 20.6 Å². The minimum Gasteiger partial charge on any atom is -0.375 e. The second-order valence-electron chi connectivity index (χ2n) is 8.95. The van der Waals surface area contributed by atoms with Gasteiger partial charge in [-0.3, -0.25) is 0 Å². The van der Waals surface area contributed by atoms with Crippen LogP contribution in [0.3, 0.4) is 0 Å². The van der Waals surface area contributed by atoms with Crippen molar-refractivity contribution >= 4 is 23.9 Å². The second-order valence-corrected chi connectivity index (χ2v) is 9.43. The number of thiol groups is 1. The lowest BCUT2D eigenvalue weighted by Gasteiger charge is -2.22. The first-order chi connectivity index (χ1) is 18.5. The predicted octanol–water partition coefficient (Wildman–Crippen LogP) is 10.9. The van der Waals surface area contributed by atoms with E-state index in [0.717, 1.165) is 34.1 Å². The molecule has 2 nitrogen and oxygen atoms in total. The molecule has 0 amide bonds. The fourth-order valence-electron chi connectivity index (χ4n) is 3.44. The molecule has 0 saturated heterocycles. The second kappa shape index (κ2) is 22.0. The molecule has 3 heteroatoms. The summed E-state index contributed by atoms with van der Waals surface area (Å²) in [5, 5.41) is 0. The quantitative estimate of drug-likeness (QED) is 0.233. The standard InChI is InChI=1S/C18H23NS.C14H21N.2C2H6/c1-7-18(20)16(5)19(6)15(4)12-14(3)17-11-9-8-10-13(17)2;1-5-6-11-15(4)13(3)14-9-7-12(2)8-10-14;2*1-2/h7-12,20H,1,3H2,2,4-6H3;7-10H,3,5-6,11H2,1-2,4H3;2*1-2H3/b15-12-,18-16+;;;. The molecule has 0 aromatic heterocycles. The maximum absolute atomic E-state index is 4.41. The van der Waals surface area contributed by atoms with E-state index in [4.69, 9.17) is 0 Å². The molecule has 2 aromatic rings. The predicted molar refractivity (Wildman–Crippen MR) is 184 cm³/mol. The highest BCUT2D eigenvalue weighted by molar-refractivity contribution is 7.84. The Morgan fingerprint density at radius 1 is 0.897 bits per heavy atom. The molecule has 0 aliphatic carbocycles. The van der Waals surface area contributed by atoms with Gasteiger partial charge in [-0.2, -0.15) is 0 Å². The van der Waals surface area contributed by atoms with Crippen LogP contribution < -0.4 is 0 Å². The SMILES string of the molecule is C=C(c1ccc(C)cc1)N(C)CCCC.C=C/C(S)=C(/C)N(C)/C(C)=C\C(=C)c1ccccc1C.CC.CC.